The van der Waals surface area contributed by atoms with Crippen molar-refractivity contribution in [1.82, 2.24) is 19.7 Å². The number of carbonyl (C=O) groups excluding carboxylic acids is 1. The van der Waals surface area contributed by atoms with E-state index in [2.05, 4.69) is 15.1 Å². The molecule has 0 bridgehead atoms. The zero-order chi connectivity index (χ0) is 23.2. The summed E-state index contributed by atoms with van der Waals surface area (Å²) in [6.07, 6.45) is 3.76. The fourth-order valence-electron chi connectivity index (χ4n) is 3.72. The molecule has 32 heavy (non-hydrogen) atoms. The summed E-state index contributed by atoms with van der Waals surface area (Å²) in [5.74, 6) is -0.0422. The second kappa shape index (κ2) is 8.45. The molecule has 1 N–H and O–H groups in total. The molecule has 1 saturated heterocycles. The maximum absolute atomic E-state index is 12.6. The molecule has 1 unspecified atom stereocenters. The Balaban J connectivity index is 1.67. The number of aromatic nitrogens is 4. The lowest BCUT2D eigenvalue weighted by Crippen LogP contribution is -2.12. The van der Waals surface area contributed by atoms with Crippen LogP contribution >= 0.6 is 22.9 Å². The zero-order valence-electron chi connectivity index (χ0n) is 17.6. The van der Waals surface area contributed by atoms with Crippen LogP contribution in [0.25, 0.3) is 22.4 Å². The molecular weight excluding hydrogens is 476 g/mol. The highest BCUT2D eigenvalue weighted by Crippen LogP contribution is 2.31. The minimum Gasteiger partial charge on any atom is -0.462 e. The number of thiophene rings is 1. The third-order valence-corrected chi connectivity index (χ3v) is 8.61. The maximum atomic E-state index is 12.6. The van der Waals surface area contributed by atoms with Crippen LogP contribution in [0.4, 0.5) is 0 Å². The Morgan fingerprint density at radius 3 is 2.78 bits per heavy atom. The number of hydrogen-bond donors (Lipinski definition) is 1. The first-order valence-corrected chi connectivity index (χ1v) is 13.0. The summed E-state index contributed by atoms with van der Waals surface area (Å²) < 4.78 is 30.2. The van der Waals surface area contributed by atoms with Crippen LogP contribution in [0, 0.1) is 13.8 Å². The molecule has 12 heteroatoms. The van der Waals surface area contributed by atoms with E-state index in [1.807, 2.05) is 0 Å². The van der Waals surface area contributed by atoms with Gasteiger partial charge in [-0.05, 0) is 44.9 Å². The molecule has 0 aliphatic carbocycles. The first-order chi connectivity index (χ1) is 15.1. The van der Waals surface area contributed by atoms with Crippen LogP contribution in [-0.2, 0) is 14.6 Å². The van der Waals surface area contributed by atoms with Gasteiger partial charge in [-0.15, -0.1) is 11.3 Å². The van der Waals surface area contributed by atoms with Crippen molar-refractivity contribution < 1.29 is 17.9 Å². The number of H-pyrrole nitrogens is 1. The van der Waals surface area contributed by atoms with E-state index in [0.29, 0.717) is 49.3 Å². The number of rotatable bonds is 5. The van der Waals surface area contributed by atoms with Crippen molar-refractivity contribution in [2.24, 2.45) is 0 Å². The molecule has 3 aromatic heterocycles. The fraction of sp³-hybridized carbons (Fsp3) is 0.400. The van der Waals surface area contributed by atoms with Gasteiger partial charge in [-0.2, -0.15) is 5.10 Å². The smallest absolute Gasteiger partial charge is 0.348 e. The predicted octanol–water partition coefficient (Wildman–Crippen LogP) is 3.16. The number of aromatic amines is 1. The number of carbonyl (C=O) groups is 1. The average molecular weight is 497 g/mol. The van der Waals surface area contributed by atoms with Gasteiger partial charge in [0.2, 0.25) is 0 Å². The van der Waals surface area contributed by atoms with Gasteiger partial charge in [0, 0.05) is 5.56 Å². The van der Waals surface area contributed by atoms with E-state index in [-0.39, 0.29) is 29.7 Å². The number of sulfone groups is 1. The van der Waals surface area contributed by atoms with Gasteiger partial charge in [0.05, 0.1) is 35.2 Å². The van der Waals surface area contributed by atoms with Gasteiger partial charge >= 0.3 is 5.97 Å². The van der Waals surface area contributed by atoms with Gasteiger partial charge in [-0.1, -0.05) is 11.6 Å². The summed E-state index contributed by atoms with van der Waals surface area (Å²) in [5, 5.41) is 5.11. The number of esters is 1. The predicted molar refractivity (Wildman–Crippen MR) is 124 cm³/mol. The van der Waals surface area contributed by atoms with Gasteiger partial charge in [-0.3, -0.25) is 4.79 Å². The lowest BCUT2D eigenvalue weighted by molar-refractivity contribution is 0.0531. The molecular formula is C20H21ClN4O5S2. The monoisotopic (exact) mass is 496 g/mol. The molecule has 0 saturated carbocycles. The Labute approximate surface area is 193 Å². The van der Waals surface area contributed by atoms with Crippen molar-refractivity contribution in [3.05, 3.63) is 43.0 Å². The number of aryl methyl sites for hydroxylation is 2. The number of nitrogens with zero attached hydrogens (tertiary/aromatic N) is 3. The molecule has 1 atom stereocenters. The number of ether oxygens (including phenoxy) is 1. The Bertz CT molecular complexity index is 1420. The molecule has 0 aromatic carbocycles. The van der Waals surface area contributed by atoms with E-state index in [4.69, 9.17) is 16.3 Å². The van der Waals surface area contributed by atoms with Crippen LogP contribution in [0.5, 0.6) is 0 Å². The minimum absolute atomic E-state index is 0.0169. The first-order valence-electron chi connectivity index (χ1n) is 9.95. The Hall–Kier alpha value is -2.50. The fourth-order valence-corrected chi connectivity index (χ4v) is 6.87. The van der Waals surface area contributed by atoms with Gasteiger partial charge < -0.3 is 9.72 Å². The van der Waals surface area contributed by atoms with Crippen LogP contribution in [0.2, 0.25) is 5.15 Å². The molecule has 1 aliphatic rings. The first kappa shape index (κ1) is 22.7. The number of fused-ring (bicyclic) bond motifs is 1. The SMILES string of the molecule is CCOC(=O)c1sc2nc(C=Cc3c(C)nn(C4CCS(=O)(=O)C4)c3Cl)[nH]c(=O)c2c1C. The molecule has 0 radical (unpaired) electrons. The Morgan fingerprint density at radius 1 is 1.38 bits per heavy atom. The van der Waals surface area contributed by atoms with Crippen molar-refractivity contribution in [2.75, 3.05) is 18.1 Å². The van der Waals surface area contributed by atoms with Gasteiger partial charge in [0.1, 0.15) is 20.7 Å². The van der Waals surface area contributed by atoms with E-state index in [9.17, 15) is 18.0 Å². The highest BCUT2D eigenvalue weighted by atomic mass is 35.5. The van der Waals surface area contributed by atoms with E-state index in [0.717, 1.165) is 11.3 Å². The van der Waals surface area contributed by atoms with Gasteiger partial charge in [0.15, 0.2) is 9.84 Å². The summed E-state index contributed by atoms with van der Waals surface area (Å²) in [7, 11) is -3.08. The Kier molecular flexibility index (Phi) is 5.99. The van der Waals surface area contributed by atoms with Crippen LogP contribution in [0.15, 0.2) is 4.79 Å². The van der Waals surface area contributed by atoms with E-state index in [1.54, 1.807) is 37.6 Å². The third-order valence-electron chi connectivity index (χ3n) is 5.31. The number of hydrogen-bond acceptors (Lipinski definition) is 8. The molecule has 3 aromatic rings. The largest absolute Gasteiger partial charge is 0.462 e. The van der Waals surface area contributed by atoms with Crippen molar-refractivity contribution in [3.63, 3.8) is 0 Å². The summed E-state index contributed by atoms with van der Waals surface area (Å²) in [6, 6.07) is -0.293. The van der Waals surface area contributed by atoms with Crippen molar-refractivity contribution >= 4 is 61.1 Å². The highest BCUT2D eigenvalue weighted by molar-refractivity contribution is 7.91. The van der Waals surface area contributed by atoms with Gasteiger partial charge in [0.25, 0.3) is 5.56 Å². The molecule has 170 valence electrons. The summed E-state index contributed by atoms with van der Waals surface area (Å²) >= 11 is 7.61. The van der Waals surface area contributed by atoms with Crippen LogP contribution in [-0.4, -0.2) is 52.2 Å². The molecule has 4 heterocycles. The summed E-state index contributed by atoms with van der Waals surface area (Å²) in [4.78, 5) is 32.7. The topological polar surface area (TPSA) is 124 Å². The van der Waals surface area contributed by atoms with E-state index < -0.39 is 15.8 Å². The summed E-state index contributed by atoms with van der Waals surface area (Å²) in [5.41, 5.74) is 1.44. The molecule has 9 nitrogen and oxygen atoms in total. The van der Waals surface area contributed by atoms with Crippen molar-refractivity contribution in [1.29, 1.82) is 0 Å². The van der Waals surface area contributed by atoms with Crippen LogP contribution in [0.3, 0.4) is 0 Å². The van der Waals surface area contributed by atoms with Crippen molar-refractivity contribution in [3.8, 4) is 0 Å². The second-order valence-electron chi connectivity index (χ2n) is 7.53. The minimum atomic E-state index is -3.08. The summed E-state index contributed by atoms with van der Waals surface area (Å²) in [6.45, 7) is 5.43. The second-order valence-corrected chi connectivity index (χ2v) is 11.1. The highest BCUT2D eigenvalue weighted by Gasteiger charge is 2.31. The van der Waals surface area contributed by atoms with Gasteiger partial charge in [-0.25, -0.2) is 22.9 Å². The molecule has 0 spiro atoms. The Morgan fingerprint density at radius 2 is 2.12 bits per heavy atom. The number of nitrogens with one attached hydrogen (secondary N) is 1. The maximum Gasteiger partial charge on any atom is 0.348 e. The molecule has 4 rings (SSSR count). The third kappa shape index (κ3) is 4.12. The van der Waals surface area contributed by atoms with Crippen LogP contribution in [0.1, 0.15) is 51.7 Å². The lowest BCUT2D eigenvalue weighted by Gasteiger charge is -2.09. The number of halogens is 1. The molecule has 1 aliphatic heterocycles. The average Bonchev–Trinajstić information content (AvgIpc) is 3.34. The zero-order valence-corrected chi connectivity index (χ0v) is 20.0. The molecule has 1 fully saturated rings. The van der Waals surface area contributed by atoms with E-state index >= 15 is 0 Å². The normalized spacial score (nSPS) is 18.1. The quantitative estimate of drug-likeness (QED) is 0.538. The van der Waals surface area contributed by atoms with Crippen LogP contribution < -0.4 is 5.56 Å². The molecule has 0 amide bonds. The lowest BCUT2D eigenvalue weighted by atomic mass is 10.2. The van der Waals surface area contributed by atoms with E-state index in [1.165, 1.54) is 0 Å². The standard InChI is InChI=1S/C20H21ClN4O5S2/c1-4-30-20(27)16-10(2)15-18(26)22-14(23-19(15)31-16)6-5-13-11(3)24-25(17(13)21)12-7-8-32(28,29)9-12/h5-6,12H,4,7-9H2,1-3H3,(H,22,23,26). The van der Waals surface area contributed by atoms with Crippen molar-refractivity contribution in [2.45, 2.75) is 33.2 Å².